The molecule has 4 aliphatic rings. The first-order chi connectivity index (χ1) is 21.2. The standard InChI is InChI=1S/C25H28FN5O3.C5H11N.C3H5N/c1-4-21(32)30-10-12-31(13-11-30)22-17-8-9-25(15-19(17)27-24(28-22)34-5-2)18-7-6-16(26)14-20(18)29(3)23(25)33;1-6-4-2-3-5-6;1-2-3-4/h4,6-7,14H,1,5,8-13,15H2,2-3H3;2-5H2,1H3;2H2,1H3/t25-;;/m1../s1. The molecule has 11 heteroatoms. The van der Waals surface area contributed by atoms with Gasteiger partial charge in [-0.15, -0.1) is 0 Å². The van der Waals surface area contributed by atoms with E-state index in [4.69, 9.17) is 20.0 Å². The van der Waals surface area contributed by atoms with Gasteiger partial charge in [-0.3, -0.25) is 9.59 Å². The number of ether oxygens (including phenoxy) is 1. The molecule has 1 aliphatic carbocycles. The van der Waals surface area contributed by atoms with Gasteiger partial charge in [-0.1, -0.05) is 19.6 Å². The lowest BCUT2D eigenvalue weighted by atomic mass is 9.69. The Morgan fingerprint density at radius 1 is 1.14 bits per heavy atom. The minimum absolute atomic E-state index is 0.0339. The Hall–Kier alpha value is -4.04. The number of carbonyl (C=O) groups is 2. The van der Waals surface area contributed by atoms with Crippen LogP contribution in [0.25, 0.3) is 0 Å². The quantitative estimate of drug-likeness (QED) is 0.484. The van der Waals surface area contributed by atoms with Crippen LogP contribution in [0.5, 0.6) is 6.01 Å². The molecule has 10 nitrogen and oxygen atoms in total. The highest BCUT2D eigenvalue weighted by molar-refractivity contribution is 6.08. The molecule has 1 aromatic heterocycles. The molecular weight excluding hydrogens is 561 g/mol. The van der Waals surface area contributed by atoms with Gasteiger partial charge in [0.2, 0.25) is 11.8 Å². The lowest BCUT2D eigenvalue weighted by molar-refractivity contribution is -0.126. The molecular formula is C33H44FN7O3. The van der Waals surface area contributed by atoms with E-state index in [9.17, 15) is 14.0 Å². The van der Waals surface area contributed by atoms with Crippen molar-refractivity contribution in [3.05, 3.63) is 53.5 Å². The fourth-order valence-electron chi connectivity index (χ4n) is 6.35. The number of nitriles is 1. The summed E-state index contributed by atoms with van der Waals surface area (Å²) in [4.78, 5) is 42.7. The maximum atomic E-state index is 13.9. The number of aromatic nitrogens is 2. The Morgan fingerprint density at radius 3 is 2.39 bits per heavy atom. The van der Waals surface area contributed by atoms with Crippen LogP contribution in [0.2, 0.25) is 0 Å². The maximum Gasteiger partial charge on any atom is 0.318 e. The van der Waals surface area contributed by atoms with E-state index in [1.807, 2.05) is 19.9 Å². The topological polar surface area (TPSA) is 106 Å². The Labute approximate surface area is 260 Å². The van der Waals surface area contributed by atoms with E-state index >= 15 is 0 Å². The first-order valence-corrected chi connectivity index (χ1v) is 15.5. The first-order valence-electron chi connectivity index (χ1n) is 15.5. The van der Waals surface area contributed by atoms with Crippen LogP contribution in [0.4, 0.5) is 15.9 Å². The highest BCUT2D eigenvalue weighted by Crippen LogP contribution is 2.49. The van der Waals surface area contributed by atoms with E-state index < -0.39 is 5.41 Å². The second-order valence-corrected chi connectivity index (χ2v) is 11.5. The monoisotopic (exact) mass is 605 g/mol. The number of carbonyl (C=O) groups excluding carboxylic acids is 2. The minimum atomic E-state index is -0.769. The number of anilines is 2. The van der Waals surface area contributed by atoms with Gasteiger partial charge < -0.3 is 24.3 Å². The number of amides is 2. The number of benzene rings is 1. The maximum absolute atomic E-state index is 13.9. The number of halogens is 1. The number of hydrogen-bond acceptors (Lipinski definition) is 8. The molecule has 0 radical (unpaired) electrons. The molecule has 236 valence electrons. The van der Waals surface area contributed by atoms with Crippen molar-refractivity contribution in [1.29, 1.82) is 5.26 Å². The van der Waals surface area contributed by atoms with Crippen LogP contribution in [0, 0.1) is 17.1 Å². The average molecular weight is 606 g/mol. The van der Waals surface area contributed by atoms with Crippen LogP contribution in [-0.2, 0) is 27.8 Å². The zero-order valence-electron chi connectivity index (χ0n) is 26.4. The van der Waals surface area contributed by atoms with Crippen LogP contribution in [0.1, 0.15) is 56.4 Å². The number of piperazine rings is 1. The summed E-state index contributed by atoms with van der Waals surface area (Å²) in [5.41, 5.74) is 2.51. The van der Waals surface area contributed by atoms with Gasteiger partial charge in [-0.2, -0.15) is 15.2 Å². The van der Waals surface area contributed by atoms with Crippen LogP contribution < -0.4 is 14.5 Å². The van der Waals surface area contributed by atoms with E-state index in [0.29, 0.717) is 64.2 Å². The molecule has 0 bridgehead atoms. The molecule has 3 aliphatic heterocycles. The molecule has 0 saturated carbocycles. The number of nitrogens with zero attached hydrogens (tertiary/aromatic N) is 7. The molecule has 2 aromatic rings. The van der Waals surface area contributed by atoms with Gasteiger partial charge >= 0.3 is 6.01 Å². The summed E-state index contributed by atoms with van der Waals surface area (Å²) in [6, 6.07) is 6.80. The zero-order chi connectivity index (χ0) is 31.9. The molecule has 0 N–H and O–H groups in total. The second-order valence-electron chi connectivity index (χ2n) is 11.5. The Balaban J connectivity index is 0.000000379. The Bertz CT molecular complexity index is 1400. The second kappa shape index (κ2) is 14.6. The largest absolute Gasteiger partial charge is 0.464 e. The number of hydrogen-bond donors (Lipinski definition) is 0. The van der Waals surface area contributed by atoms with Gasteiger partial charge in [-0.05, 0) is 76.5 Å². The first kappa shape index (κ1) is 32.9. The number of likely N-dealkylation sites (N-methyl/N-ethyl adjacent to an activating group) is 1. The fraction of sp³-hybridized carbons (Fsp3) is 0.545. The summed E-state index contributed by atoms with van der Waals surface area (Å²) < 4.78 is 19.6. The smallest absolute Gasteiger partial charge is 0.318 e. The van der Waals surface area contributed by atoms with Crippen molar-refractivity contribution in [3.8, 4) is 12.1 Å². The third-order valence-electron chi connectivity index (χ3n) is 8.70. The lowest BCUT2D eigenvalue weighted by Crippen LogP contribution is -2.49. The number of likely N-dealkylation sites (tertiary alicyclic amines) is 1. The van der Waals surface area contributed by atoms with Gasteiger partial charge in [0.1, 0.15) is 11.6 Å². The van der Waals surface area contributed by atoms with Crippen LogP contribution in [-0.4, -0.2) is 91.6 Å². The van der Waals surface area contributed by atoms with Crippen molar-refractivity contribution in [2.75, 3.05) is 69.8 Å². The van der Waals surface area contributed by atoms with Gasteiger partial charge in [0.05, 0.1) is 29.5 Å². The molecule has 1 spiro atoms. The van der Waals surface area contributed by atoms with Crippen molar-refractivity contribution in [3.63, 3.8) is 0 Å². The molecule has 1 atom stereocenters. The fourth-order valence-corrected chi connectivity index (χ4v) is 6.35. The highest BCUT2D eigenvalue weighted by atomic mass is 19.1. The summed E-state index contributed by atoms with van der Waals surface area (Å²) in [7, 11) is 3.87. The third-order valence-corrected chi connectivity index (χ3v) is 8.70. The number of fused-ring (bicyclic) bond motifs is 3. The Morgan fingerprint density at radius 2 is 1.82 bits per heavy atom. The van der Waals surface area contributed by atoms with E-state index in [2.05, 4.69) is 23.4 Å². The summed E-state index contributed by atoms with van der Waals surface area (Å²) in [6.07, 6.45) is 6.43. The van der Waals surface area contributed by atoms with Crippen molar-refractivity contribution >= 4 is 23.3 Å². The van der Waals surface area contributed by atoms with Gasteiger partial charge in [0.15, 0.2) is 0 Å². The normalized spacial score (nSPS) is 20.5. The van der Waals surface area contributed by atoms with E-state index in [1.165, 1.54) is 44.1 Å². The average Bonchev–Trinajstić information content (AvgIpc) is 3.60. The summed E-state index contributed by atoms with van der Waals surface area (Å²) >= 11 is 0. The molecule has 2 fully saturated rings. The summed E-state index contributed by atoms with van der Waals surface area (Å²) in [6.45, 7) is 12.8. The molecule has 2 saturated heterocycles. The molecule has 2 amide bonds. The van der Waals surface area contributed by atoms with Crippen molar-refractivity contribution in [2.24, 2.45) is 0 Å². The highest BCUT2D eigenvalue weighted by Gasteiger charge is 2.52. The van der Waals surface area contributed by atoms with E-state index in [1.54, 1.807) is 22.9 Å². The van der Waals surface area contributed by atoms with Gasteiger partial charge in [0.25, 0.3) is 0 Å². The minimum Gasteiger partial charge on any atom is -0.464 e. The van der Waals surface area contributed by atoms with Crippen LogP contribution >= 0.6 is 0 Å². The Kier molecular flexibility index (Phi) is 10.9. The van der Waals surface area contributed by atoms with Gasteiger partial charge in [-0.25, -0.2) is 4.39 Å². The zero-order valence-corrected chi connectivity index (χ0v) is 26.4. The van der Waals surface area contributed by atoms with Crippen LogP contribution in [0.3, 0.4) is 0 Å². The molecule has 4 heterocycles. The van der Waals surface area contributed by atoms with Crippen molar-refractivity contribution < 1.29 is 18.7 Å². The summed E-state index contributed by atoms with van der Waals surface area (Å²) in [5, 5.41) is 7.62. The predicted molar refractivity (Wildman–Crippen MR) is 168 cm³/mol. The van der Waals surface area contributed by atoms with Crippen molar-refractivity contribution in [1.82, 2.24) is 19.8 Å². The van der Waals surface area contributed by atoms with E-state index in [0.717, 1.165) is 22.6 Å². The summed E-state index contributed by atoms with van der Waals surface area (Å²) in [5.74, 6) is 0.352. The SMILES string of the molecule is C=CC(=O)N1CCN(c2nc(OCC)nc3c2CC[C@]2(C3)C(=O)N(C)c3cc(F)ccc32)CC1.CCC#N.CN1CCCC1. The number of rotatable bonds is 4. The van der Waals surface area contributed by atoms with Crippen molar-refractivity contribution in [2.45, 2.75) is 57.8 Å². The van der Waals surface area contributed by atoms with E-state index in [-0.39, 0.29) is 23.6 Å². The predicted octanol–water partition coefficient (Wildman–Crippen LogP) is 3.88. The molecule has 1 aromatic carbocycles. The van der Waals surface area contributed by atoms with Gasteiger partial charge in [0, 0.05) is 51.6 Å². The lowest BCUT2D eigenvalue weighted by Gasteiger charge is -2.38. The third kappa shape index (κ3) is 6.86. The van der Waals surface area contributed by atoms with Crippen LogP contribution in [0.15, 0.2) is 30.9 Å². The molecule has 6 rings (SSSR count). The molecule has 0 unspecified atom stereocenters. The molecule has 44 heavy (non-hydrogen) atoms.